The minimum atomic E-state index is -3.06. The van der Waals surface area contributed by atoms with Crippen LogP contribution in [0.25, 0.3) is 0 Å². The first kappa shape index (κ1) is 16.9. The predicted octanol–water partition coefficient (Wildman–Crippen LogP) is 2.32. The summed E-state index contributed by atoms with van der Waals surface area (Å²) in [5, 5.41) is 0. The molecule has 6 heteroatoms. The molecule has 0 aromatic carbocycles. The summed E-state index contributed by atoms with van der Waals surface area (Å²) < 4.78 is 24.9. The van der Waals surface area contributed by atoms with Crippen molar-refractivity contribution >= 4 is 21.4 Å². The van der Waals surface area contributed by atoms with E-state index in [0.717, 1.165) is 32.5 Å². The topological polar surface area (TPSA) is 49.4 Å². The van der Waals surface area contributed by atoms with E-state index in [1.54, 1.807) is 0 Å². The molecular weight excluding hydrogens is 304 g/mol. The standard InChI is InChI=1S/C15H26N2O2S2/c1-12(2)8-14-4-5-15(20-14)11-17-7-6-13(10-17)9-16-21(3,18)19/h4-5,12-13,16H,6-11H2,1-3H3. The van der Waals surface area contributed by atoms with Crippen LogP contribution in [0.2, 0.25) is 0 Å². The maximum absolute atomic E-state index is 11.1. The molecule has 1 atom stereocenters. The van der Waals surface area contributed by atoms with Gasteiger partial charge in [-0.15, -0.1) is 11.3 Å². The highest BCUT2D eigenvalue weighted by Crippen LogP contribution is 2.24. The Kier molecular flexibility index (Phi) is 5.82. The van der Waals surface area contributed by atoms with Gasteiger partial charge < -0.3 is 0 Å². The minimum Gasteiger partial charge on any atom is -0.298 e. The lowest BCUT2D eigenvalue weighted by Crippen LogP contribution is -2.30. The SMILES string of the molecule is CC(C)Cc1ccc(CN2CCC(CNS(C)(=O)=O)C2)s1. The average molecular weight is 331 g/mol. The van der Waals surface area contributed by atoms with E-state index in [9.17, 15) is 8.42 Å². The Morgan fingerprint density at radius 3 is 2.76 bits per heavy atom. The second kappa shape index (κ2) is 7.22. The number of nitrogens with zero attached hydrogens (tertiary/aromatic N) is 1. The van der Waals surface area contributed by atoms with Crippen LogP contribution in [-0.4, -0.2) is 39.2 Å². The Morgan fingerprint density at radius 1 is 1.38 bits per heavy atom. The molecule has 1 fully saturated rings. The molecule has 1 aliphatic heterocycles. The maximum Gasteiger partial charge on any atom is 0.208 e. The summed E-state index contributed by atoms with van der Waals surface area (Å²) in [7, 11) is -3.06. The van der Waals surface area contributed by atoms with Gasteiger partial charge in [0.2, 0.25) is 10.0 Å². The number of nitrogens with one attached hydrogen (secondary N) is 1. The van der Waals surface area contributed by atoms with Crippen molar-refractivity contribution in [3.05, 3.63) is 21.9 Å². The zero-order chi connectivity index (χ0) is 15.5. The highest BCUT2D eigenvalue weighted by Gasteiger charge is 2.23. The summed E-state index contributed by atoms with van der Waals surface area (Å²) in [6.07, 6.45) is 3.46. The number of thiophene rings is 1. The Labute approximate surface area is 132 Å². The molecule has 120 valence electrons. The zero-order valence-corrected chi connectivity index (χ0v) is 14.8. The van der Waals surface area contributed by atoms with Gasteiger partial charge in [0.25, 0.3) is 0 Å². The van der Waals surface area contributed by atoms with Crippen LogP contribution in [0.1, 0.15) is 30.0 Å². The number of likely N-dealkylation sites (tertiary alicyclic amines) is 1. The van der Waals surface area contributed by atoms with Crippen molar-refractivity contribution in [2.45, 2.75) is 33.2 Å². The number of hydrogen-bond donors (Lipinski definition) is 1. The number of sulfonamides is 1. The molecular formula is C15H26N2O2S2. The van der Waals surface area contributed by atoms with Crippen LogP contribution >= 0.6 is 11.3 Å². The summed E-state index contributed by atoms with van der Waals surface area (Å²) in [6.45, 7) is 8.11. The van der Waals surface area contributed by atoms with Gasteiger partial charge in [0.15, 0.2) is 0 Å². The third kappa shape index (κ3) is 6.06. The molecule has 0 radical (unpaired) electrons. The summed E-state index contributed by atoms with van der Waals surface area (Å²) in [5.41, 5.74) is 0. The number of rotatable bonds is 7. The third-order valence-corrected chi connectivity index (χ3v) is 5.49. The van der Waals surface area contributed by atoms with Crippen LogP contribution in [0.15, 0.2) is 12.1 Å². The van der Waals surface area contributed by atoms with E-state index in [0.29, 0.717) is 18.4 Å². The van der Waals surface area contributed by atoms with E-state index in [2.05, 4.69) is 35.6 Å². The van der Waals surface area contributed by atoms with E-state index in [4.69, 9.17) is 0 Å². The van der Waals surface area contributed by atoms with Gasteiger partial charge >= 0.3 is 0 Å². The van der Waals surface area contributed by atoms with E-state index in [-0.39, 0.29) is 0 Å². The molecule has 21 heavy (non-hydrogen) atoms. The molecule has 4 nitrogen and oxygen atoms in total. The molecule has 0 amide bonds. The normalized spacial score (nSPS) is 20.5. The van der Waals surface area contributed by atoms with Crippen molar-refractivity contribution in [3.8, 4) is 0 Å². The van der Waals surface area contributed by atoms with E-state index < -0.39 is 10.0 Å². The molecule has 0 saturated carbocycles. The first-order chi connectivity index (χ1) is 9.82. The third-order valence-electron chi connectivity index (χ3n) is 3.71. The summed E-state index contributed by atoms with van der Waals surface area (Å²) in [5.74, 6) is 1.14. The minimum absolute atomic E-state index is 0.440. The molecule has 1 unspecified atom stereocenters. The van der Waals surface area contributed by atoms with Crippen molar-refractivity contribution in [3.63, 3.8) is 0 Å². The van der Waals surface area contributed by atoms with Gasteiger partial charge in [-0.25, -0.2) is 13.1 Å². The lowest BCUT2D eigenvalue weighted by molar-refractivity contribution is 0.319. The monoisotopic (exact) mass is 330 g/mol. The lowest BCUT2D eigenvalue weighted by atomic mass is 10.1. The van der Waals surface area contributed by atoms with Crippen LogP contribution in [0.3, 0.4) is 0 Å². The summed E-state index contributed by atoms with van der Waals surface area (Å²) >= 11 is 1.91. The fraction of sp³-hybridized carbons (Fsp3) is 0.733. The molecule has 1 saturated heterocycles. The van der Waals surface area contributed by atoms with Gasteiger partial charge in [0.1, 0.15) is 0 Å². The lowest BCUT2D eigenvalue weighted by Gasteiger charge is -2.15. The molecule has 0 bridgehead atoms. The van der Waals surface area contributed by atoms with Crippen molar-refractivity contribution in [2.24, 2.45) is 11.8 Å². The fourth-order valence-corrected chi connectivity index (χ4v) is 4.54. The van der Waals surface area contributed by atoms with Crippen LogP contribution in [0.4, 0.5) is 0 Å². The Morgan fingerprint density at radius 2 is 2.10 bits per heavy atom. The first-order valence-corrected chi connectivity index (χ1v) is 10.3. The van der Waals surface area contributed by atoms with E-state index in [1.165, 1.54) is 16.0 Å². The quantitative estimate of drug-likeness (QED) is 0.835. The van der Waals surface area contributed by atoms with Gasteiger partial charge in [-0.3, -0.25) is 4.90 Å². The van der Waals surface area contributed by atoms with E-state index in [1.807, 2.05) is 11.3 Å². The molecule has 1 N–H and O–H groups in total. The molecule has 2 heterocycles. The highest BCUT2D eigenvalue weighted by molar-refractivity contribution is 7.88. The van der Waals surface area contributed by atoms with Crippen LogP contribution in [0, 0.1) is 11.8 Å². The van der Waals surface area contributed by atoms with Gasteiger partial charge in [0.05, 0.1) is 6.26 Å². The summed E-state index contributed by atoms with van der Waals surface area (Å²) in [4.78, 5) is 5.32. The second-order valence-electron chi connectivity index (χ2n) is 6.48. The molecule has 0 aliphatic carbocycles. The molecule has 0 spiro atoms. The van der Waals surface area contributed by atoms with Crippen molar-refractivity contribution in [1.82, 2.24) is 9.62 Å². The van der Waals surface area contributed by atoms with Crippen LogP contribution in [-0.2, 0) is 23.0 Å². The van der Waals surface area contributed by atoms with Crippen molar-refractivity contribution < 1.29 is 8.42 Å². The molecule has 1 aromatic heterocycles. The highest BCUT2D eigenvalue weighted by atomic mass is 32.2. The Bertz CT molecular complexity index is 552. The van der Waals surface area contributed by atoms with Gasteiger partial charge in [-0.2, -0.15) is 0 Å². The average Bonchev–Trinajstić information content (AvgIpc) is 2.95. The van der Waals surface area contributed by atoms with Gasteiger partial charge in [0, 0.05) is 29.4 Å². The molecule has 1 aliphatic rings. The van der Waals surface area contributed by atoms with Gasteiger partial charge in [-0.1, -0.05) is 13.8 Å². The summed E-state index contributed by atoms with van der Waals surface area (Å²) in [6, 6.07) is 4.49. The maximum atomic E-state index is 11.1. The fourth-order valence-electron chi connectivity index (χ4n) is 2.73. The molecule has 1 aromatic rings. The Balaban J connectivity index is 1.78. The molecule has 2 rings (SSSR count). The second-order valence-corrected chi connectivity index (χ2v) is 9.56. The Hall–Kier alpha value is -0.430. The van der Waals surface area contributed by atoms with Crippen molar-refractivity contribution in [1.29, 1.82) is 0 Å². The predicted molar refractivity (Wildman–Crippen MR) is 89.1 cm³/mol. The largest absolute Gasteiger partial charge is 0.298 e. The van der Waals surface area contributed by atoms with Crippen LogP contribution < -0.4 is 4.72 Å². The first-order valence-electron chi connectivity index (χ1n) is 7.56. The van der Waals surface area contributed by atoms with Gasteiger partial charge in [-0.05, 0) is 43.4 Å². The van der Waals surface area contributed by atoms with Crippen molar-refractivity contribution in [2.75, 3.05) is 25.9 Å². The zero-order valence-electron chi connectivity index (χ0n) is 13.1. The number of hydrogen-bond acceptors (Lipinski definition) is 4. The van der Waals surface area contributed by atoms with E-state index >= 15 is 0 Å². The smallest absolute Gasteiger partial charge is 0.208 e. The van der Waals surface area contributed by atoms with Crippen LogP contribution in [0.5, 0.6) is 0 Å².